The van der Waals surface area contributed by atoms with Gasteiger partial charge in [0.1, 0.15) is 5.75 Å². The van der Waals surface area contributed by atoms with Gasteiger partial charge in [0.15, 0.2) is 0 Å². The molecule has 0 saturated carbocycles. The molecular formula is C12H10NO7P. The van der Waals surface area contributed by atoms with Crippen LogP contribution in [0.25, 0.3) is 10.8 Å². The molecule has 0 spiro atoms. The van der Waals surface area contributed by atoms with E-state index in [0.717, 1.165) is 5.39 Å². The summed E-state index contributed by atoms with van der Waals surface area (Å²) in [5, 5.41) is 13.1. The minimum atomic E-state index is -4.64. The monoisotopic (exact) mass is 311 g/mol. The van der Waals surface area contributed by atoms with E-state index in [4.69, 9.17) is 19.2 Å². The highest BCUT2D eigenvalue weighted by Gasteiger charge is 2.26. The van der Waals surface area contributed by atoms with Crippen molar-refractivity contribution in [2.75, 3.05) is 0 Å². The SMILES string of the molecule is O=C1NC(=O)c2c(O)ccc3cccc1c23.O=P(O)(O)O. The molecule has 0 unspecified atom stereocenters. The number of hydrogen-bond donors (Lipinski definition) is 5. The highest BCUT2D eigenvalue weighted by Crippen LogP contribution is 2.32. The van der Waals surface area contributed by atoms with E-state index >= 15 is 0 Å². The van der Waals surface area contributed by atoms with Gasteiger partial charge < -0.3 is 19.8 Å². The van der Waals surface area contributed by atoms with Crippen molar-refractivity contribution in [2.45, 2.75) is 0 Å². The van der Waals surface area contributed by atoms with E-state index in [2.05, 4.69) is 5.32 Å². The fraction of sp³-hybridized carbons (Fsp3) is 0. The number of carbonyl (C=O) groups is 2. The van der Waals surface area contributed by atoms with Gasteiger partial charge in [-0.15, -0.1) is 0 Å². The first-order valence-electron chi connectivity index (χ1n) is 5.57. The molecule has 21 heavy (non-hydrogen) atoms. The molecule has 0 atom stereocenters. The fourth-order valence-electron chi connectivity index (χ4n) is 2.02. The topological polar surface area (TPSA) is 144 Å². The van der Waals surface area contributed by atoms with Crippen LogP contribution in [0.4, 0.5) is 0 Å². The maximum atomic E-state index is 11.6. The summed E-state index contributed by atoms with van der Waals surface area (Å²) >= 11 is 0. The van der Waals surface area contributed by atoms with Gasteiger partial charge in [-0.05, 0) is 17.5 Å². The minimum Gasteiger partial charge on any atom is -0.507 e. The summed E-state index contributed by atoms with van der Waals surface area (Å²) in [4.78, 5) is 44.8. The molecule has 0 bridgehead atoms. The number of phenolic OH excluding ortho intramolecular Hbond substituents is 1. The highest BCUT2D eigenvalue weighted by molar-refractivity contribution is 7.45. The van der Waals surface area contributed by atoms with E-state index in [1.807, 2.05) is 0 Å². The molecule has 1 heterocycles. The second kappa shape index (κ2) is 5.27. The summed E-state index contributed by atoms with van der Waals surface area (Å²) in [6, 6.07) is 8.31. The first-order chi connectivity index (χ1) is 9.68. The van der Waals surface area contributed by atoms with Crippen molar-refractivity contribution in [3.63, 3.8) is 0 Å². The summed E-state index contributed by atoms with van der Waals surface area (Å²) in [6.45, 7) is 0. The Kier molecular flexibility index (Phi) is 3.80. The molecular weight excluding hydrogens is 301 g/mol. The van der Waals surface area contributed by atoms with Crippen molar-refractivity contribution in [3.8, 4) is 5.75 Å². The number of benzene rings is 2. The van der Waals surface area contributed by atoms with Gasteiger partial charge in [0, 0.05) is 10.9 Å². The Morgan fingerprint density at radius 2 is 1.57 bits per heavy atom. The number of phosphoric acid groups is 1. The molecule has 3 rings (SSSR count). The molecule has 0 aliphatic carbocycles. The van der Waals surface area contributed by atoms with Crippen LogP contribution in [0.15, 0.2) is 30.3 Å². The molecule has 1 aliphatic heterocycles. The lowest BCUT2D eigenvalue weighted by molar-refractivity contribution is 0.0843. The molecule has 9 heteroatoms. The van der Waals surface area contributed by atoms with Crippen molar-refractivity contribution in [3.05, 3.63) is 41.5 Å². The summed E-state index contributed by atoms with van der Waals surface area (Å²) in [5.41, 5.74) is 0.593. The van der Waals surface area contributed by atoms with E-state index in [9.17, 15) is 14.7 Å². The van der Waals surface area contributed by atoms with Crippen molar-refractivity contribution in [1.82, 2.24) is 5.32 Å². The molecule has 1 aliphatic rings. The number of amides is 2. The van der Waals surface area contributed by atoms with Crippen molar-refractivity contribution in [2.24, 2.45) is 0 Å². The molecule has 8 nitrogen and oxygen atoms in total. The summed E-state index contributed by atoms with van der Waals surface area (Å²) in [7, 11) is -4.64. The standard InChI is InChI=1S/C12H7NO3.H3O4P/c14-8-5-4-6-2-1-3-7-9(6)10(8)12(16)13-11(7)15;1-5(2,3)4/h1-5,14H,(H,13,15,16);(H3,1,2,3,4). The molecule has 2 aromatic carbocycles. The Hall–Kier alpha value is -2.25. The van der Waals surface area contributed by atoms with Crippen LogP contribution in [0.5, 0.6) is 5.75 Å². The lowest BCUT2D eigenvalue weighted by atomic mass is 9.94. The predicted molar refractivity (Wildman–Crippen MR) is 71.7 cm³/mol. The van der Waals surface area contributed by atoms with Crippen LogP contribution in [0, 0.1) is 0 Å². The molecule has 2 amide bonds. The van der Waals surface area contributed by atoms with Gasteiger partial charge in [0.2, 0.25) is 0 Å². The van der Waals surface area contributed by atoms with Gasteiger partial charge in [-0.2, -0.15) is 0 Å². The number of imide groups is 1. The maximum absolute atomic E-state index is 11.6. The zero-order valence-electron chi connectivity index (χ0n) is 10.3. The Labute approximate surface area is 117 Å². The molecule has 5 N–H and O–H groups in total. The quantitative estimate of drug-likeness (QED) is 0.352. The second-order valence-corrected chi connectivity index (χ2v) is 5.19. The molecule has 0 radical (unpaired) electrons. The molecule has 0 aromatic heterocycles. The Balaban J connectivity index is 0.000000282. The normalized spacial score (nSPS) is 13.5. The Morgan fingerprint density at radius 1 is 0.952 bits per heavy atom. The molecule has 110 valence electrons. The van der Waals surface area contributed by atoms with Crippen molar-refractivity contribution in [1.29, 1.82) is 0 Å². The number of aromatic hydroxyl groups is 1. The van der Waals surface area contributed by atoms with Gasteiger partial charge in [0.05, 0.1) is 5.56 Å². The van der Waals surface area contributed by atoms with Gasteiger partial charge in [-0.1, -0.05) is 18.2 Å². The van der Waals surface area contributed by atoms with Crippen LogP contribution < -0.4 is 5.32 Å². The Morgan fingerprint density at radius 3 is 2.19 bits per heavy atom. The van der Waals surface area contributed by atoms with Crippen LogP contribution in [-0.2, 0) is 4.57 Å². The summed E-state index contributed by atoms with van der Waals surface area (Å²) in [6.07, 6.45) is 0. The van der Waals surface area contributed by atoms with Crippen LogP contribution in [0.2, 0.25) is 0 Å². The average molecular weight is 311 g/mol. The minimum absolute atomic E-state index is 0.107. The van der Waals surface area contributed by atoms with Gasteiger partial charge in [-0.25, -0.2) is 4.57 Å². The van der Waals surface area contributed by atoms with E-state index in [-0.39, 0.29) is 11.3 Å². The Bertz CT molecular complexity index is 787. The number of rotatable bonds is 0. The van der Waals surface area contributed by atoms with E-state index in [0.29, 0.717) is 10.9 Å². The van der Waals surface area contributed by atoms with Crippen LogP contribution >= 0.6 is 7.82 Å². The van der Waals surface area contributed by atoms with E-state index in [1.165, 1.54) is 6.07 Å². The van der Waals surface area contributed by atoms with Crippen molar-refractivity contribution >= 4 is 30.4 Å². The zero-order valence-corrected chi connectivity index (χ0v) is 11.2. The molecule has 0 saturated heterocycles. The zero-order chi connectivity index (χ0) is 15.8. The first kappa shape index (κ1) is 15.1. The average Bonchev–Trinajstić information content (AvgIpc) is 2.34. The second-order valence-electron chi connectivity index (χ2n) is 4.16. The number of phenols is 1. The fourth-order valence-corrected chi connectivity index (χ4v) is 2.02. The number of nitrogens with one attached hydrogen (secondary N) is 1. The van der Waals surface area contributed by atoms with E-state index < -0.39 is 19.6 Å². The predicted octanol–water partition coefficient (Wildman–Crippen LogP) is 0.500. The van der Waals surface area contributed by atoms with Gasteiger partial charge >= 0.3 is 7.82 Å². The smallest absolute Gasteiger partial charge is 0.466 e. The van der Waals surface area contributed by atoms with Gasteiger partial charge in [-0.3, -0.25) is 14.9 Å². The molecule has 0 fully saturated rings. The third-order valence-corrected chi connectivity index (χ3v) is 2.72. The van der Waals surface area contributed by atoms with Gasteiger partial charge in [0.25, 0.3) is 11.8 Å². The third kappa shape index (κ3) is 3.26. The lowest BCUT2D eigenvalue weighted by Gasteiger charge is -2.17. The summed E-state index contributed by atoms with van der Waals surface area (Å²) in [5.74, 6) is -1.08. The summed E-state index contributed by atoms with van der Waals surface area (Å²) < 4.78 is 8.88. The lowest BCUT2D eigenvalue weighted by Crippen LogP contribution is -2.34. The first-order valence-corrected chi connectivity index (χ1v) is 7.13. The highest BCUT2D eigenvalue weighted by atomic mass is 31.2. The van der Waals surface area contributed by atoms with Crippen LogP contribution in [0.1, 0.15) is 20.7 Å². The van der Waals surface area contributed by atoms with E-state index in [1.54, 1.807) is 24.3 Å². The van der Waals surface area contributed by atoms with Crippen LogP contribution in [-0.4, -0.2) is 31.6 Å². The largest absolute Gasteiger partial charge is 0.507 e. The molecule has 2 aromatic rings. The van der Waals surface area contributed by atoms with Crippen LogP contribution in [0.3, 0.4) is 0 Å². The number of hydrogen-bond acceptors (Lipinski definition) is 4. The maximum Gasteiger partial charge on any atom is 0.466 e. The van der Waals surface area contributed by atoms with Crippen molar-refractivity contribution < 1.29 is 33.9 Å². The number of carbonyl (C=O) groups excluding carboxylic acids is 2. The third-order valence-electron chi connectivity index (χ3n) is 2.72.